The number of fused-ring (bicyclic) bond motifs is 8. The highest BCUT2D eigenvalue weighted by atomic mass is 16.3. The maximum Gasteiger partial charge on any atom is 0.122 e. The maximum atomic E-state index is 12.0. The van der Waals surface area contributed by atoms with Crippen molar-refractivity contribution in [2.24, 2.45) is 0 Å². The molecular weight excluding hydrogens is 604 g/mol. The number of aromatic hydroxyl groups is 4. The molecule has 0 aliphatic heterocycles. The van der Waals surface area contributed by atoms with Crippen LogP contribution in [-0.4, -0.2) is 20.4 Å². The van der Waals surface area contributed by atoms with Crippen LogP contribution < -0.4 is 0 Å². The molecule has 0 amide bonds. The second-order valence-electron chi connectivity index (χ2n) is 14.6. The van der Waals surface area contributed by atoms with Gasteiger partial charge in [0.15, 0.2) is 0 Å². The van der Waals surface area contributed by atoms with Crippen molar-refractivity contribution in [3.05, 3.63) is 165 Å². The van der Waals surface area contributed by atoms with Crippen molar-refractivity contribution in [3.63, 3.8) is 0 Å². The van der Waals surface area contributed by atoms with Crippen molar-refractivity contribution in [2.45, 2.75) is 58.8 Å². The lowest BCUT2D eigenvalue weighted by molar-refractivity contribution is 0.450. The smallest absolute Gasteiger partial charge is 0.122 e. The van der Waals surface area contributed by atoms with E-state index in [4.69, 9.17) is 0 Å². The summed E-state index contributed by atoms with van der Waals surface area (Å²) in [6.07, 6.45) is 1.21. The molecule has 246 valence electrons. The molecule has 8 bridgehead atoms. The molecule has 4 heteroatoms. The van der Waals surface area contributed by atoms with E-state index in [2.05, 4.69) is 32.9 Å². The van der Waals surface area contributed by atoms with Crippen molar-refractivity contribution >= 4 is 0 Å². The van der Waals surface area contributed by atoms with E-state index < -0.39 is 0 Å². The Morgan fingerprint density at radius 3 is 0.980 bits per heavy atom. The van der Waals surface area contributed by atoms with Crippen molar-refractivity contribution < 1.29 is 20.4 Å². The zero-order valence-electron chi connectivity index (χ0n) is 28.5. The van der Waals surface area contributed by atoms with E-state index >= 15 is 0 Å². The van der Waals surface area contributed by atoms with Gasteiger partial charge in [-0.05, 0) is 109 Å². The molecule has 49 heavy (non-hydrogen) atoms. The van der Waals surface area contributed by atoms with Crippen LogP contribution in [0.5, 0.6) is 23.0 Å². The quantitative estimate of drug-likeness (QED) is 0.151. The largest absolute Gasteiger partial charge is 0.507 e. The summed E-state index contributed by atoms with van der Waals surface area (Å²) in [5.41, 5.74) is 11.4. The number of rotatable bonds is 2. The van der Waals surface area contributed by atoms with Crippen LogP contribution in [0.15, 0.2) is 109 Å². The molecule has 4 nitrogen and oxygen atoms in total. The van der Waals surface area contributed by atoms with Gasteiger partial charge in [0.1, 0.15) is 23.0 Å². The van der Waals surface area contributed by atoms with Gasteiger partial charge in [0.25, 0.3) is 0 Å². The third-order valence-corrected chi connectivity index (χ3v) is 9.82. The summed E-state index contributed by atoms with van der Waals surface area (Å²) in [7, 11) is 0. The summed E-state index contributed by atoms with van der Waals surface area (Å²) in [5.74, 6) is 0.640. The number of benzene rings is 6. The van der Waals surface area contributed by atoms with Gasteiger partial charge in [0.2, 0.25) is 0 Å². The molecule has 1 aliphatic rings. The van der Waals surface area contributed by atoms with Crippen molar-refractivity contribution in [1.82, 2.24) is 0 Å². The monoisotopic (exact) mass is 646 g/mol. The van der Waals surface area contributed by atoms with E-state index in [9.17, 15) is 20.4 Å². The molecule has 0 atom stereocenters. The molecule has 0 heterocycles. The zero-order valence-corrected chi connectivity index (χ0v) is 28.5. The Bertz CT molecular complexity index is 2190. The fraction of sp³-hybridized carbons (Fsp3) is 0.200. The first kappa shape index (κ1) is 32.1. The molecule has 6 aromatic carbocycles. The molecule has 4 N–H and O–H groups in total. The average Bonchev–Trinajstić information content (AvgIpc) is 3.08. The van der Waals surface area contributed by atoms with Gasteiger partial charge in [-0.1, -0.05) is 111 Å². The van der Waals surface area contributed by atoms with Crippen molar-refractivity contribution in [2.75, 3.05) is 0 Å². The van der Waals surface area contributed by atoms with Crippen LogP contribution in [0, 0.1) is 6.92 Å². The summed E-state index contributed by atoms with van der Waals surface area (Å²) in [4.78, 5) is 0. The van der Waals surface area contributed by atoms with Gasteiger partial charge in [-0.25, -0.2) is 0 Å². The molecule has 6 aromatic rings. The van der Waals surface area contributed by atoms with E-state index in [1.54, 1.807) is 0 Å². The number of aryl methyl sites for hydroxylation is 1. The Kier molecular flexibility index (Phi) is 8.20. The van der Waals surface area contributed by atoms with Gasteiger partial charge in [0.05, 0.1) is 0 Å². The SMILES string of the molecule is Cc1cc2c(O)c(c1)Cc1cc(C(C)(C)C)cc(c1O)Cc1cc(-c3ccccc3)cc(c1O)Cc1cc(-c3ccccc3)cc(c1O)C2. The minimum Gasteiger partial charge on any atom is -0.507 e. The van der Waals surface area contributed by atoms with Crippen LogP contribution in [0.2, 0.25) is 0 Å². The summed E-state index contributed by atoms with van der Waals surface area (Å²) in [5, 5.41) is 47.4. The highest BCUT2D eigenvalue weighted by Gasteiger charge is 2.24. The Hall–Kier alpha value is -5.48. The number of phenolic OH excluding ortho intramolecular Hbond substituents is 4. The molecular formula is C45H42O4. The summed E-state index contributed by atoms with van der Waals surface area (Å²) < 4.78 is 0. The Labute approximate surface area is 288 Å². The van der Waals surface area contributed by atoms with Gasteiger partial charge >= 0.3 is 0 Å². The Morgan fingerprint density at radius 1 is 0.388 bits per heavy atom. The van der Waals surface area contributed by atoms with Crippen molar-refractivity contribution in [1.29, 1.82) is 0 Å². The molecule has 7 rings (SSSR count). The van der Waals surface area contributed by atoms with Crippen LogP contribution in [0.3, 0.4) is 0 Å². The lowest BCUT2D eigenvalue weighted by Crippen LogP contribution is -2.13. The first-order valence-corrected chi connectivity index (χ1v) is 16.9. The highest BCUT2D eigenvalue weighted by Crippen LogP contribution is 2.42. The molecule has 0 saturated carbocycles. The predicted molar refractivity (Wildman–Crippen MR) is 198 cm³/mol. The molecule has 0 aromatic heterocycles. The lowest BCUT2D eigenvalue weighted by Gasteiger charge is -2.24. The lowest BCUT2D eigenvalue weighted by atomic mass is 9.82. The van der Waals surface area contributed by atoms with Crippen molar-refractivity contribution in [3.8, 4) is 45.3 Å². The van der Waals surface area contributed by atoms with Crippen LogP contribution in [0.1, 0.15) is 76.4 Å². The van der Waals surface area contributed by atoms with Crippen LogP contribution >= 0.6 is 0 Å². The summed E-state index contributed by atoms with van der Waals surface area (Å²) >= 11 is 0. The van der Waals surface area contributed by atoms with Gasteiger partial charge in [-0.2, -0.15) is 0 Å². The molecule has 1 aliphatic carbocycles. The normalized spacial score (nSPS) is 12.9. The van der Waals surface area contributed by atoms with Crippen LogP contribution in [0.25, 0.3) is 22.3 Å². The van der Waals surface area contributed by atoms with Gasteiger partial charge in [-0.3, -0.25) is 0 Å². The second kappa shape index (κ2) is 12.5. The highest BCUT2D eigenvalue weighted by molar-refractivity contribution is 5.71. The molecule has 0 spiro atoms. The third kappa shape index (κ3) is 6.39. The fourth-order valence-corrected chi connectivity index (χ4v) is 7.14. The van der Waals surface area contributed by atoms with E-state index in [0.717, 1.165) is 38.9 Å². The first-order valence-electron chi connectivity index (χ1n) is 16.9. The topological polar surface area (TPSA) is 80.9 Å². The van der Waals surface area contributed by atoms with E-state index in [1.807, 2.05) is 104 Å². The van der Waals surface area contributed by atoms with Gasteiger partial charge in [0, 0.05) is 25.7 Å². The number of phenols is 4. The Morgan fingerprint density at radius 2 is 0.673 bits per heavy atom. The summed E-state index contributed by atoms with van der Waals surface area (Å²) in [6, 6.07) is 36.2. The van der Waals surface area contributed by atoms with E-state index in [-0.39, 0.29) is 34.8 Å². The minimum absolute atomic E-state index is 0.151. The summed E-state index contributed by atoms with van der Waals surface area (Å²) in [6.45, 7) is 8.46. The van der Waals surface area contributed by atoms with E-state index in [0.29, 0.717) is 58.2 Å². The average molecular weight is 647 g/mol. The number of hydrogen-bond donors (Lipinski definition) is 4. The van der Waals surface area contributed by atoms with Crippen LogP contribution in [-0.2, 0) is 31.1 Å². The molecule has 0 saturated heterocycles. The van der Waals surface area contributed by atoms with E-state index in [1.165, 1.54) is 0 Å². The zero-order chi connectivity index (χ0) is 34.4. The molecule has 0 radical (unpaired) electrons. The number of hydrogen-bond acceptors (Lipinski definition) is 4. The maximum absolute atomic E-state index is 12.0. The van der Waals surface area contributed by atoms with Crippen LogP contribution in [0.4, 0.5) is 0 Å². The molecule has 0 unspecified atom stereocenters. The second-order valence-corrected chi connectivity index (χ2v) is 14.6. The standard InChI is InChI=1S/C45H42O4/c1-27-15-32-21-34-17-30(28-11-7-5-8-12-28)18-35(42(34)47)23-36-19-31(29-13-9-6-10-14-29)20-37(43(36)48)24-39-26-40(45(2,3)4)25-38(44(39)49)22-33(16-27)41(32)46/h5-20,25-26,46-49H,21-24H2,1-4H3. The van der Waals surface area contributed by atoms with Gasteiger partial charge < -0.3 is 20.4 Å². The first-order chi connectivity index (χ1) is 23.4. The predicted octanol–water partition coefficient (Wildman–Crippen LogP) is 10.1. The van der Waals surface area contributed by atoms with Gasteiger partial charge in [-0.15, -0.1) is 0 Å². The fourth-order valence-electron chi connectivity index (χ4n) is 7.14. The third-order valence-electron chi connectivity index (χ3n) is 9.82. The molecule has 0 fully saturated rings. The minimum atomic E-state index is -0.201. The Balaban J connectivity index is 1.52.